The van der Waals surface area contributed by atoms with Gasteiger partial charge in [-0.15, -0.1) is 0 Å². The van der Waals surface area contributed by atoms with Gasteiger partial charge in [0.15, 0.2) is 0 Å². The summed E-state index contributed by atoms with van der Waals surface area (Å²) < 4.78 is 0. The summed E-state index contributed by atoms with van der Waals surface area (Å²) in [6, 6.07) is 0. The Morgan fingerprint density at radius 2 is 0.742 bits per heavy atom. The first-order chi connectivity index (χ1) is 14.1. The third-order valence-electron chi connectivity index (χ3n) is 6.81. The number of hydrogen-bond donors (Lipinski definition) is 0. The molecule has 0 radical (unpaired) electrons. The van der Waals surface area contributed by atoms with Gasteiger partial charge in [-0.2, -0.15) is 0 Å². The molecule has 3 aliphatic carbocycles. The molecular weight excluding hydrogens is 499 g/mol. The van der Waals surface area contributed by atoms with E-state index in [0.29, 0.717) is 17.8 Å². The van der Waals surface area contributed by atoms with E-state index in [1.54, 1.807) is 0 Å². The maximum absolute atomic E-state index is 10.4. The van der Waals surface area contributed by atoms with Crippen LogP contribution in [0.15, 0.2) is 0 Å². The molecular formula is C24H39InO6. The van der Waals surface area contributed by atoms with E-state index in [0.717, 1.165) is 57.8 Å². The van der Waals surface area contributed by atoms with Gasteiger partial charge >= 0.3 is 25.8 Å². The van der Waals surface area contributed by atoms with Gasteiger partial charge in [-0.25, -0.2) is 0 Å². The molecule has 0 amide bonds. The molecule has 3 saturated carbocycles. The molecule has 6 unspecified atom stereocenters. The van der Waals surface area contributed by atoms with Crippen LogP contribution in [0.2, 0.25) is 0 Å². The van der Waals surface area contributed by atoms with Crippen LogP contribution in [0.4, 0.5) is 0 Å². The fraction of sp³-hybridized carbons (Fsp3) is 0.875. The van der Waals surface area contributed by atoms with Crippen LogP contribution in [0.5, 0.6) is 0 Å². The molecule has 0 heterocycles. The Kier molecular flexibility index (Phi) is 15.6. The predicted molar refractivity (Wildman–Crippen MR) is 114 cm³/mol. The van der Waals surface area contributed by atoms with Gasteiger partial charge in [-0.05, 0) is 74.0 Å². The Morgan fingerprint density at radius 1 is 0.516 bits per heavy atom. The van der Waals surface area contributed by atoms with Crippen LogP contribution in [-0.2, 0) is 14.4 Å². The second-order valence-corrected chi connectivity index (χ2v) is 9.86. The number of hydrogen-bond acceptors (Lipinski definition) is 6. The number of carboxylic acids is 3. The minimum absolute atomic E-state index is 0. The Morgan fingerprint density at radius 3 is 0.871 bits per heavy atom. The van der Waals surface area contributed by atoms with Crippen molar-refractivity contribution in [2.75, 3.05) is 0 Å². The Hall–Kier alpha value is -0.720. The van der Waals surface area contributed by atoms with Crippen molar-refractivity contribution in [2.45, 2.75) is 97.8 Å². The predicted octanol–water partition coefficient (Wildman–Crippen LogP) is 1.31. The smallest absolute Gasteiger partial charge is 0.550 e. The third-order valence-corrected chi connectivity index (χ3v) is 6.81. The normalized spacial score (nSPS) is 32.6. The summed E-state index contributed by atoms with van der Waals surface area (Å²) in [6.45, 7) is 6.32. The number of carbonyl (C=O) groups is 3. The van der Waals surface area contributed by atoms with Gasteiger partial charge in [0.05, 0.1) is 0 Å². The van der Waals surface area contributed by atoms with Crippen molar-refractivity contribution >= 4 is 43.8 Å². The van der Waals surface area contributed by atoms with Gasteiger partial charge in [0, 0.05) is 17.9 Å². The number of carbonyl (C=O) groups excluding carboxylic acids is 3. The van der Waals surface area contributed by atoms with Gasteiger partial charge in [0.25, 0.3) is 0 Å². The molecule has 0 aromatic carbocycles. The van der Waals surface area contributed by atoms with Crippen LogP contribution in [0.1, 0.15) is 97.8 Å². The van der Waals surface area contributed by atoms with Crippen LogP contribution in [-0.4, -0.2) is 43.8 Å². The molecule has 3 fully saturated rings. The van der Waals surface area contributed by atoms with Crippen LogP contribution in [0.3, 0.4) is 0 Å². The van der Waals surface area contributed by atoms with Crippen LogP contribution in [0, 0.1) is 35.5 Å². The van der Waals surface area contributed by atoms with Crippen molar-refractivity contribution < 1.29 is 29.7 Å². The summed E-state index contributed by atoms with van der Waals surface area (Å²) in [5, 5.41) is 31.2. The fourth-order valence-corrected chi connectivity index (χ4v) is 4.94. The van der Waals surface area contributed by atoms with Gasteiger partial charge in [-0.3, -0.25) is 0 Å². The standard InChI is InChI=1S/3C8H14O2.In/c3*1-6-3-2-4-7(5-6)8(9)10;/h3*6-7H,2-5H2,1H3,(H,9,10);/q;;;+3/p-3. The van der Waals surface area contributed by atoms with Gasteiger partial charge in [0.1, 0.15) is 0 Å². The van der Waals surface area contributed by atoms with Crippen LogP contribution in [0.25, 0.3) is 0 Å². The second kappa shape index (κ2) is 16.0. The number of rotatable bonds is 3. The van der Waals surface area contributed by atoms with E-state index in [1.807, 2.05) is 0 Å². The summed E-state index contributed by atoms with van der Waals surface area (Å²) >= 11 is 0. The maximum Gasteiger partial charge on any atom is 3.00 e. The zero-order valence-corrected chi connectivity index (χ0v) is 22.8. The molecule has 6 nitrogen and oxygen atoms in total. The van der Waals surface area contributed by atoms with E-state index in [4.69, 9.17) is 0 Å². The summed E-state index contributed by atoms with van der Waals surface area (Å²) in [5.41, 5.74) is 0. The molecule has 174 valence electrons. The van der Waals surface area contributed by atoms with E-state index in [2.05, 4.69) is 20.8 Å². The van der Waals surface area contributed by atoms with Crippen molar-refractivity contribution in [1.29, 1.82) is 0 Å². The van der Waals surface area contributed by atoms with E-state index in [1.165, 1.54) is 19.3 Å². The average Bonchev–Trinajstić information content (AvgIpc) is 2.69. The largest absolute Gasteiger partial charge is 3.00 e. The van der Waals surface area contributed by atoms with Crippen molar-refractivity contribution in [2.24, 2.45) is 35.5 Å². The first-order valence-corrected chi connectivity index (χ1v) is 11.7. The SMILES string of the molecule is CC1CCCC(C(=O)[O-])C1.CC1CCCC(C(=O)[O-])C1.CC1CCCC(C(=O)[O-])C1.[In+3]. The molecule has 0 bridgehead atoms. The van der Waals surface area contributed by atoms with Gasteiger partial charge < -0.3 is 29.7 Å². The first-order valence-electron chi connectivity index (χ1n) is 11.7. The molecule has 0 spiro atoms. The van der Waals surface area contributed by atoms with E-state index >= 15 is 0 Å². The number of aliphatic carboxylic acids is 3. The topological polar surface area (TPSA) is 120 Å². The first kappa shape index (κ1) is 30.3. The summed E-state index contributed by atoms with van der Waals surface area (Å²) in [4.78, 5) is 31.2. The molecule has 0 N–H and O–H groups in total. The van der Waals surface area contributed by atoms with Crippen molar-refractivity contribution in [1.82, 2.24) is 0 Å². The molecule has 3 aliphatic rings. The van der Waals surface area contributed by atoms with Crippen molar-refractivity contribution in [3.63, 3.8) is 0 Å². The Bertz CT molecular complexity index is 476. The number of carboxylic acid groups (broad SMARTS) is 3. The fourth-order valence-electron chi connectivity index (χ4n) is 4.94. The summed E-state index contributed by atoms with van der Waals surface area (Å²) in [5.74, 6) is -1.31. The quantitative estimate of drug-likeness (QED) is 0.535. The van der Waals surface area contributed by atoms with E-state index < -0.39 is 17.9 Å². The molecule has 31 heavy (non-hydrogen) atoms. The van der Waals surface area contributed by atoms with E-state index in [-0.39, 0.29) is 43.6 Å². The van der Waals surface area contributed by atoms with Crippen LogP contribution < -0.4 is 15.3 Å². The molecule has 7 heteroatoms. The van der Waals surface area contributed by atoms with E-state index in [9.17, 15) is 29.7 Å². The molecule has 3 rings (SSSR count). The van der Waals surface area contributed by atoms with Crippen molar-refractivity contribution in [3.8, 4) is 0 Å². The Balaban J connectivity index is 0.000000429. The summed E-state index contributed by atoms with van der Waals surface area (Å²) in [7, 11) is 0. The zero-order valence-electron chi connectivity index (χ0n) is 19.5. The minimum Gasteiger partial charge on any atom is -0.550 e. The third kappa shape index (κ3) is 12.8. The summed E-state index contributed by atoms with van der Waals surface area (Å²) in [6.07, 6.45) is 11.7. The Labute approximate surface area is 206 Å². The second-order valence-electron chi connectivity index (χ2n) is 9.86. The molecule has 6 atom stereocenters. The average molecular weight is 538 g/mol. The molecule has 0 aliphatic heterocycles. The molecule has 0 aromatic heterocycles. The maximum atomic E-state index is 10.4. The van der Waals surface area contributed by atoms with Gasteiger partial charge in [0.2, 0.25) is 0 Å². The molecule has 0 saturated heterocycles. The minimum atomic E-state index is -0.855. The molecule has 0 aromatic rings. The van der Waals surface area contributed by atoms with Crippen molar-refractivity contribution in [3.05, 3.63) is 0 Å². The van der Waals surface area contributed by atoms with Gasteiger partial charge in [-0.1, -0.05) is 59.3 Å². The van der Waals surface area contributed by atoms with Crippen LogP contribution >= 0.6 is 0 Å². The zero-order chi connectivity index (χ0) is 22.7. The monoisotopic (exact) mass is 538 g/mol.